The van der Waals surface area contributed by atoms with Gasteiger partial charge in [-0.25, -0.2) is 4.79 Å². The van der Waals surface area contributed by atoms with Crippen molar-refractivity contribution in [3.63, 3.8) is 0 Å². The summed E-state index contributed by atoms with van der Waals surface area (Å²) in [6.45, 7) is 6.42. The van der Waals surface area contributed by atoms with Crippen LogP contribution in [0.3, 0.4) is 0 Å². The monoisotopic (exact) mass is 447 g/mol. The second kappa shape index (κ2) is 9.31. The summed E-state index contributed by atoms with van der Waals surface area (Å²) in [5.41, 5.74) is 2.59. The number of amides is 2. The Labute approximate surface area is 183 Å². The molecule has 0 unspecified atom stereocenters. The first-order valence-corrected chi connectivity index (χ1v) is 9.84. The highest BCUT2D eigenvalue weighted by Gasteiger charge is 2.31. The molecule has 2 aromatic rings. The zero-order valence-corrected chi connectivity index (χ0v) is 17.5. The molecule has 0 saturated carbocycles. The number of hydrogen-bond donors (Lipinski definition) is 2. The van der Waals surface area contributed by atoms with E-state index in [4.69, 9.17) is 11.6 Å². The van der Waals surface area contributed by atoms with E-state index in [0.717, 1.165) is 35.9 Å². The number of urea groups is 1. The SMILES string of the molecule is C=CCC1=CC=CN(c2cc(NC(=O)Nc3cc(C(F)(F)F)ccc3Cl)ccc2C)C1. The lowest BCUT2D eigenvalue weighted by atomic mass is 10.1. The van der Waals surface area contributed by atoms with Gasteiger partial charge in [-0.3, -0.25) is 0 Å². The number of nitrogens with one attached hydrogen (secondary N) is 2. The zero-order valence-electron chi connectivity index (χ0n) is 16.8. The summed E-state index contributed by atoms with van der Waals surface area (Å²) in [6, 6.07) is 7.46. The molecule has 0 radical (unpaired) electrons. The van der Waals surface area contributed by atoms with Crippen LogP contribution < -0.4 is 15.5 Å². The van der Waals surface area contributed by atoms with Gasteiger partial charge in [0.2, 0.25) is 0 Å². The van der Waals surface area contributed by atoms with Crippen LogP contribution in [0.15, 0.2) is 73.0 Å². The molecule has 3 rings (SSSR count). The Balaban J connectivity index is 1.75. The Morgan fingerprint density at radius 2 is 2.00 bits per heavy atom. The molecule has 0 fully saturated rings. The third-order valence-corrected chi connectivity index (χ3v) is 5.03. The van der Waals surface area contributed by atoms with Crippen molar-refractivity contribution in [2.24, 2.45) is 0 Å². The van der Waals surface area contributed by atoms with E-state index in [9.17, 15) is 18.0 Å². The van der Waals surface area contributed by atoms with Crippen molar-refractivity contribution in [1.29, 1.82) is 0 Å². The molecule has 162 valence electrons. The molecular weight excluding hydrogens is 427 g/mol. The van der Waals surface area contributed by atoms with E-state index < -0.39 is 17.8 Å². The van der Waals surface area contributed by atoms with Crippen molar-refractivity contribution >= 4 is 34.7 Å². The van der Waals surface area contributed by atoms with Gasteiger partial charge in [0.25, 0.3) is 0 Å². The van der Waals surface area contributed by atoms with Gasteiger partial charge in [0.05, 0.1) is 16.3 Å². The lowest BCUT2D eigenvalue weighted by Gasteiger charge is -2.26. The standard InChI is InChI=1S/C23H21ClF3N3O/c1-3-5-16-6-4-11-30(14-16)21-13-18(9-7-15(21)2)28-22(31)29-20-12-17(23(25,26)27)8-10-19(20)24/h3-4,6-13H,1,5,14H2,2H3,(H2,28,29,31). The van der Waals surface area contributed by atoms with Gasteiger partial charge in [-0.2, -0.15) is 13.2 Å². The summed E-state index contributed by atoms with van der Waals surface area (Å²) in [5, 5.41) is 5.03. The first-order valence-electron chi connectivity index (χ1n) is 9.46. The molecular formula is C23H21ClF3N3O. The van der Waals surface area contributed by atoms with E-state index in [0.29, 0.717) is 12.2 Å². The number of halogens is 4. The molecule has 1 aliphatic heterocycles. The average molecular weight is 448 g/mol. The van der Waals surface area contributed by atoms with Gasteiger partial charge in [-0.05, 0) is 60.9 Å². The Morgan fingerprint density at radius 3 is 2.71 bits per heavy atom. The third-order valence-electron chi connectivity index (χ3n) is 4.70. The van der Waals surface area contributed by atoms with Crippen LogP contribution in [-0.4, -0.2) is 12.6 Å². The van der Waals surface area contributed by atoms with E-state index in [1.165, 1.54) is 5.57 Å². The third kappa shape index (κ3) is 5.70. The van der Waals surface area contributed by atoms with Crippen molar-refractivity contribution in [2.45, 2.75) is 19.5 Å². The molecule has 1 aliphatic rings. The van der Waals surface area contributed by atoms with Crippen molar-refractivity contribution in [3.05, 3.63) is 89.1 Å². The maximum absolute atomic E-state index is 12.9. The van der Waals surface area contributed by atoms with Crippen molar-refractivity contribution in [3.8, 4) is 0 Å². The highest BCUT2D eigenvalue weighted by atomic mass is 35.5. The van der Waals surface area contributed by atoms with Crippen LogP contribution in [0.5, 0.6) is 0 Å². The minimum atomic E-state index is -4.54. The molecule has 1 heterocycles. The molecule has 0 aromatic heterocycles. The lowest BCUT2D eigenvalue weighted by molar-refractivity contribution is -0.137. The lowest BCUT2D eigenvalue weighted by Crippen LogP contribution is -2.23. The Bertz CT molecular complexity index is 1060. The fourth-order valence-electron chi connectivity index (χ4n) is 3.17. The number of carbonyl (C=O) groups is 1. The number of anilines is 3. The molecule has 8 heteroatoms. The fourth-order valence-corrected chi connectivity index (χ4v) is 3.33. The molecule has 0 atom stereocenters. The van der Waals surface area contributed by atoms with Crippen molar-refractivity contribution < 1.29 is 18.0 Å². The molecule has 0 bridgehead atoms. The number of alkyl halides is 3. The Hall–Kier alpha value is -3.19. The molecule has 31 heavy (non-hydrogen) atoms. The Kier molecular flexibility index (Phi) is 6.75. The topological polar surface area (TPSA) is 44.4 Å². The van der Waals surface area contributed by atoms with Crippen LogP contribution in [0.4, 0.5) is 35.0 Å². The first-order chi connectivity index (χ1) is 14.7. The van der Waals surface area contributed by atoms with Crippen molar-refractivity contribution in [2.75, 3.05) is 22.1 Å². The molecule has 4 nitrogen and oxygen atoms in total. The molecule has 0 spiro atoms. The minimum absolute atomic E-state index is 0.00716. The normalized spacial score (nSPS) is 13.6. The molecule has 2 amide bonds. The van der Waals surface area contributed by atoms with E-state index >= 15 is 0 Å². The summed E-state index contributed by atoms with van der Waals surface area (Å²) < 4.78 is 38.8. The molecule has 0 aliphatic carbocycles. The predicted molar refractivity (Wildman–Crippen MR) is 120 cm³/mol. The minimum Gasteiger partial charge on any atom is -0.344 e. The van der Waals surface area contributed by atoms with Gasteiger partial charge in [-0.15, -0.1) is 6.58 Å². The number of rotatable bonds is 5. The summed E-state index contributed by atoms with van der Waals surface area (Å²) >= 11 is 5.94. The maximum Gasteiger partial charge on any atom is 0.416 e. The van der Waals surface area contributed by atoms with Gasteiger partial charge in [0.15, 0.2) is 0 Å². The van der Waals surface area contributed by atoms with E-state index in [1.807, 2.05) is 43.5 Å². The highest BCUT2D eigenvalue weighted by Crippen LogP contribution is 2.34. The van der Waals surface area contributed by atoms with Crippen molar-refractivity contribution in [1.82, 2.24) is 0 Å². The van der Waals surface area contributed by atoms with Gasteiger partial charge in [0, 0.05) is 24.1 Å². The second-order valence-electron chi connectivity index (χ2n) is 7.06. The summed E-state index contributed by atoms with van der Waals surface area (Å²) in [6.07, 6.45) is 4.02. The van der Waals surface area contributed by atoms with E-state index in [-0.39, 0.29) is 10.7 Å². The summed E-state index contributed by atoms with van der Waals surface area (Å²) in [7, 11) is 0. The second-order valence-corrected chi connectivity index (χ2v) is 7.47. The number of nitrogens with zero attached hydrogens (tertiary/aromatic N) is 1. The van der Waals surface area contributed by atoms with E-state index in [1.54, 1.807) is 6.07 Å². The summed E-state index contributed by atoms with van der Waals surface area (Å²) in [4.78, 5) is 14.5. The number of carbonyl (C=O) groups excluding carboxylic acids is 1. The van der Waals surface area contributed by atoms with Gasteiger partial charge in [0.1, 0.15) is 0 Å². The van der Waals surface area contributed by atoms with Crippen LogP contribution in [0.2, 0.25) is 5.02 Å². The zero-order chi connectivity index (χ0) is 22.6. The predicted octanol–water partition coefficient (Wildman–Crippen LogP) is 7.15. The average Bonchev–Trinajstić information content (AvgIpc) is 2.70. The number of allylic oxidation sites excluding steroid dienone is 3. The number of aryl methyl sites for hydroxylation is 1. The van der Waals surface area contributed by atoms with Gasteiger partial charge in [-0.1, -0.05) is 29.8 Å². The molecule has 2 aromatic carbocycles. The first kappa shape index (κ1) is 22.5. The smallest absolute Gasteiger partial charge is 0.344 e. The van der Waals surface area contributed by atoms with E-state index in [2.05, 4.69) is 22.1 Å². The van der Waals surface area contributed by atoms with Gasteiger partial charge >= 0.3 is 12.2 Å². The highest BCUT2D eigenvalue weighted by molar-refractivity contribution is 6.33. The maximum atomic E-state index is 12.9. The Morgan fingerprint density at radius 1 is 1.23 bits per heavy atom. The van der Waals surface area contributed by atoms with Crippen LogP contribution in [0.1, 0.15) is 17.5 Å². The molecule has 0 saturated heterocycles. The fraction of sp³-hybridized carbons (Fsp3) is 0.174. The quantitative estimate of drug-likeness (QED) is 0.478. The van der Waals surface area contributed by atoms with Crippen LogP contribution >= 0.6 is 11.6 Å². The van der Waals surface area contributed by atoms with Gasteiger partial charge < -0.3 is 15.5 Å². The van der Waals surface area contributed by atoms with Crippen LogP contribution in [0, 0.1) is 6.92 Å². The van der Waals surface area contributed by atoms with Crippen LogP contribution in [0.25, 0.3) is 0 Å². The largest absolute Gasteiger partial charge is 0.416 e. The van der Waals surface area contributed by atoms with Crippen LogP contribution in [-0.2, 0) is 6.18 Å². The molecule has 2 N–H and O–H groups in total. The summed E-state index contributed by atoms with van der Waals surface area (Å²) in [5.74, 6) is 0. The number of benzene rings is 2. The number of hydrogen-bond acceptors (Lipinski definition) is 2.